The first-order valence-corrected chi connectivity index (χ1v) is 5.95. The van der Waals surface area contributed by atoms with Crippen LogP contribution in [0.15, 0.2) is 29.2 Å². The largest absolute Gasteiger partial charge is 0.481 e. The molecule has 0 fully saturated rings. The number of benzene rings is 1. The highest BCUT2D eigenvalue weighted by Gasteiger charge is 2.06. The van der Waals surface area contributed by atoms with Gasteiger partial charge in [-0.3, -0.25) is 9.59 Å². The van der Waals surface area contributed by atoms with Gasteiger partial charge in [0.25, 0.3) is 0 Å². The molecule has 0 saturated carbocycles. The summed E-state index contributed by atoms with van der Waals surface area (Å²) in [6.07, 6.45) is 1.49. The van der Waals surface area contributed by atoms with Crippen LogP contribution >= 0.6 is 11.8 Å². The Kier molecular flexibility index (Phi) is 4.85. The van der Waals surface area contributed by atoms with Gasteiger partial charge < -0.3 is 10.4 Å². The van der Waals surface area contributed by atoms with Crippen molar-refractivity contribution in [2.24, 2.45) is 0 Å². The van der Waals surface area contributed by atoms with E-state index in [2.05, 4.69) is 5.32 Å². The molecule has 0 aromatic heterocycles. The number of aliphatic carboxylic acids is 1. The van der Waals surface area contributed by atoms with Crippen molar-refractivity contribution in [1.82, 2.24) is 5.32 Å². The number of carboxylic acid groups (broad SMARTS) is 1. The molecule has 0 aliphatic carbocycles. The van der Waals surface area contributed by atoms with Crippen molar-refractivity contribution in [2.45, 2.75) is 17.9 Å². The van der Waals surface area contributed by atoms with Gasteiger partial charge in [0.1, 0.15) is 6.42 Å². The smallest absolute Gasteiger partial charge is 0.312 e. The first kappa shape index (κ1) is 12.6. The minimum absolute atomic E-state index is 0.362. The Labute approximate surface area is 98.0 Å². The van der Waals surface area contributed by atoms with Crippen LogP contribution in [0.5, 0.6) is 0 Å². The third-order valence-corrected chi connectivity index (χ3v) is 2.66. The lowest BCUT2D eigenvalue weighted by molar-refractivity contribution is -0.140. The monoisotopic (exact) mass is 239 g/mol. The Bertz CT molecular complexity index is 393. The first-order valence-electron chi connectivity index (χ1n) is 4.73. The number of carbonyl (C=O) groups is 2. The Morgan fingerprint density at radius 2 is 2.19 bits per heavy atom. The molecule has 0 radical (unpaired) electrons. The van der Waals surface area contributed by atoms with Crippen LogP contribution in [0, 0.1) is 0 Å². The van der Waals surface area contributed by atoms with Crippen molar-refractivity contribution < 1.29 is 14.7 Å². The molecular formula is C11H13NO3S. The maximum atomic E-state index is 11.1. The van der Waals surface area contributed by atoms with Gasteiger partial charge in [0.05, 0.1) is 0 Å². The van der Waals surface area contributed by atoms with E-state index in [1.807, 2.05) is 30.5 Å². The summed E-state index contributed by atoms with van der Waals surface area (Å²) in [5.74, 6) is -1.59. The number of carbonyl (C=O) groups excluding carboxylic acids is 1. The maximum absolute atomic E-state index is 11.1. The SMILES string of the molecule is CSc1cccc(CNC(=O)CC(=O)O)c1. The minimum Gasteiger partial charge on any atom is -0.481 e. The number of hydrogen-bond acceptors (Lipinski definition) is 3. The van der Waals surface area contributed by atoms with Crippen molar-refractivity contribution in [2.75, 3.05) is 6.26 Å². The van der Waals surface area contributed by atoms with Crippen LogP contribution in [0.1, 0.15) is 12.0 Å². The molecule has 0 unspecified atom stereocenters. The molecule has 0 bridgehead atoms. The van der Waals surface area contributed by atoms with E-state index >= 15 is 0 Å². The van der Waals surface area contributed by atoms with Crippen LogP contribution in [0.4, 0.5) is 0 Å². The molecule has 4 nitrogen and oxygen atoms in total. The predicted molar refractivity (Wildman–Crippen MR) is 62.3 cm³/mol. The Balaban J connectivity index is 2.47. The maximum Gasteiger partial charge on any atom is 0.312 e. The van der Waals surface area contributed by atoms with Gasteiger partial charge >= 0.3 is 5.97 Å². The zero-order chi connectivity index (χ0) is 12.0. The topological polar surface area (TPSA) is 66.4 Å². The predicted octanol–water partition coefficient (Wildman–Crippen LogP) is 1.50. The van der Waals surface area contributed by atoms with Crippen LogP contribution in [0.25, 0.3) is 0 Å². The minimum atomic E-state index is -1.12. The third-order valence-electron chi connectivity index (χ3n) is 1.94. The number of amides is 1. The van der Waals surface area contributed by atoms with E-state index in [1.54, 1.807) is 11.8 Å². The van der Waals surface area contributed by atoms with Gasteiger partial charge in [0, 0.05) is 11.4 Å². The second-order valence-electron chi connectivity index (χ2n) is 3.20. The highest BCUT2D eigenvalue weighted by atomic mass is 32.2. The summed E-state index contributed by atoms with van der Waals surface area (Å²) in [5.41, 5.74) is 0.964. The van der Waals surface area contributed by atoms with Crippen molar-refractivity contribution in [3.05, 3.63) is 29.8 Å². The highest BCUT2D eigenvalue weighted by Crippen LogP contribution is 2.15. The average molecular weight is 239 g/mol. The summed E-state index contributed by atoms with van der Waals surface area (Å²) in [4.78, 5) is 22.5. The fraction of sp³-hybridized carbons (Fsp3) is 0.273. The van der Waals surface area contributed by atoms with Crippen LogP contribution < -0.4 is 5.32 Å². The van der Waals surface area contributed by atoms with Crippen molar-refractivity contribution >= 4 is 23.6 Å². The molecule has 0 heterocycles. The van der Waals surface area contributed by atoms with Gasteiger partial charge in [0.15, 0.2) is 0 Å². The molecule has 0 aliphatic rings. The van der Waals surface area contributed by atoms with Crippen LogP contribution in [-0.2, 0) is 16.1 Å². The van der Waals surface area contributed by atoms with Gasteiger partial charge in [-0.15, -0.1) is 11.8 Å². The fourth-order valence-corrected chi connectivity index (χ4v) is 1.67. The fourth-order valence-electron chi connectivity index (χ4n) is 1.18. The molecule has 5 heteroatoms. The van der Waals surface area contributed by atoms with Gasteiger partial charge in [0.2, 0.25) is 5.91 Å². The molecule has 0 atom stereocenters. The van der Waals surface area contributed by atoms with Gasteiger partial charge in [-0.25, -0.2) is 0 Å². The average Bonchev–Trinajstić information content (AvgIpc) is 2.26. The molecule has 1 aromatic rings. The Morgan fingerprint density at radius 3 is 2.81 bits per heavy atom. The van der Waals surface area contributed by atoms with E-state index in [9.17, 15) is 9.59 Å². The molecular weight excluding hydrogens is 226 g/mol. The molecule has 0 spiro atoms. The molecule has 0 saturated heterocycles. The van der Waals surface area contributed by atoms with Gasteiger partial charge in [-0.1, -0.05) is 12.1 Å². The summed E-state index contributed by atoms with van der Waals surface area (Å²) >= 11 is 1.62. The summed E-state index contributed by atoms with van der Waals surface area (Å²) in [7, 11) is 0. The summed E-state index contributed by atoms with van der Waals surface area (Å²) in [6.45, 7) is 0.362. The van der Waals surface area contributed by atoms with E-state index in [4.69, 9.17) is 5.11 Å². The van der Waals surface area contributed by atoms with Crippen molar-refractivity contribution in [1.29, 1.82) is 0 Å². The van der Waals surface area contributed by atoms with Crippen molar-refractivity contribution in [3.8, 4) is 0 Å². The Morgan fingerprint density at radius 1 is 1.44 bits per heavy atom. The van der Waals surface area contributed by atoms with Gasteiger partial charge in [-0.05, 0) is 24.0 Å². The van der Waals surface area contributed by atoms with E-state index in [-0.39, 0.29) is 0 Å². The molecule has 86 valence electrons. The third kappa shape index (κ3) is 4.35. The lowest BCUT2D eigenvalue weighted by atomic mass is 10.2. The van der Waals surface area contributed by atoms with Crippen LogP contribution in [0.2, 0.25) is 0 Å². The number of thioether (sulfide) groups is 1. The van der Waals surface area contributed by atoms with E-state index in [0.29, 0.717) is 6.54 Å². The van der Waals surface area contributed by atoms with Crippen LogP contribution in [-0.4, -0.2) is 23.2 Å². The number of carboxylic acids is 1. The van der Waals surface area contributed by atoms with Crippen LogP contribution in [0.3, 0.4) is 0 Å². The number of hydrogen-bond donors (Lipinski definition) is 2. The molecule has 1 aromatic carbocycles. The highest BCUT2D eigenvalue weighted by molar-refractivity contribution is 7.98. The summed E-state index contributed by atoms with van der Waals surface area (Å²) in [5, 5.41) is 11.0. The van der Waals surface area contributed by atoms with E-state index in [1.165, 1.54) is 0 Å². The molecule has 2 N–H and O–H groups in total. The molecule has 0 aliphatic heterocycles. The zero-order valence-corrected chi connectivity index (χ0v) is 9.71. The molecule has 16 heavy (non-hydrogen) atoms. The summed E-state index contributed by atoms with van der Waals surface area (Å²) < 4.78 is 0. The first-order chi connectivity index (χ1) is 7.61. The second kappa shape index (κ2) is 6.17. The van der Waals surface area contributed by atoms with Crippen molar-refractivity contribution in [3.63, 3.8) is 0 Å². The zero-order valence-electron chi connectivity index (χ0n) is 8.90. The normalized spacial score (nSPS) is 9.81. The summed E-state index contributed by atoms with van der Waals surface area (Å²) in [6, 6.07) is 7.74. The second-order valence-corrected chi connectivity index (χ2v) is 4.08. The molecule has 1 amide bonds. The standard InChI is InChI=1S/C11H13NO3S/c1-16-9-4-2-3-8(5-9)7-12-10(13)6-11(14)15/h2-5H,6-7H2,1H3,(H,12,13)(H,14,15). The van der Waals surface area contributed by atoms with E-state index < -0.39 is 18.3 Å². The lowest BCUT2D eigenvalue weighted by Crippen LogP contribution is -2.25. The molecule has 1 rings (SSSR count). The van der Waals surface area contributed by atoms with E-state index in [0.717, 1.165) is 10.5 Å². The Hall–Kier alpha value is -1.49. The number of rotatable bonds is 5. The number of nitrogens with one attached hydrogen (secondary N) is 1. The van der Waals surface area contributed by atoms with Gasteiger partial charge in [-0.2, -0.15) is 0 Å². The quantitative estimate of drug-likeness (QED) is 0.603. The lowest BCUT2D eigenvalue weighted by Gasteiger charge is -2.05.